The average molecular weight is 395 g/mol. The fourth-order valence-corrected chi connectivity index (χ4v) is 3.21. The molecule has 0 unspecified atom stereocenters. The largest absolute Gasteiger partial charge is 0.381 e. The van der Waals surface area contributed by atoms with Gasteiger partial charge in [-0.15, -0.1) is 0 Å². The van der Waals surface area contributed by atoms with Crippen LogP contribution in [0.4, 0.5) is 5.82 Å². The second kappa shape index (κ2) is 6.44. The highest BCUT2D eigenvalue weighted by Crippen LogP contribution is 2.33. The van der Waals surface area contributed by atoms with E-state index in [4.69, 9.17) is 16.3 Å². The summed E-state index contributed by atoms with van der Waals surface area (Å²) in [7, 11) is 0. The zero-order valence-corrected chi connectivity index (χ0v) is 14.4. The molecule has 1 aromatic carbocycles. The number of fused-ring (bicyclic) bond motifs is 1. The Morgan fingerprint density at radius 1 is 1.35 bits per heavy atom. The van der Waals surface area contributed by atoms with Crippen molar-refractivity contribution in [3.8, 4) is 6.07 Å². The molecule has 118 valence electrons. The molecule has 1 aromatic heterocycles. The fraction of sp³-hybridized carbons (Fsp3) is 0.312. The fourth-order valence-electron chi connectivity index (χ4n) is 2.56. The third-order valence-corrected chi connectivity index (χ3v) is 4.96. The maximum Gasteiger partial charge on any atom is 0.246 e. The number of nitrogens with one attached hydrogen (secondary N) is 1. The third kappa shape index (κ3) is 3.05. The summed E-state index contributed by atoms with van der Waals surface area (Å²) in [6, 6.07) is 9.21. The summed E-state index contributed by atoms with van der Waals surface area (Å²) in [4.78, 5) is 17.0. The van der Waals surface area contributed by atoms with Crippen LogP contribution in [0.1, 0.15) is 12.8 Å². The molecule has 0 spiro atoms. The maximum atomic E-state index is 12.5. The van der Waals surface area contributed by atoms with Gasteiger partial charge in [0.1, 0.15) is 11.2 Å². The number of amides is 1. The van der Waals surface area contributed by atoms with E-state index in [0.29, 0.717) is 42.4 Å². The molecule has 1 amide bonds. The summed E-state index contributed by atoms with van der Waals surface area (Å²) >= 11 is 9.58. The third-order valence-electron chi connectivity index (χ3n) is 3.99. The first-order valence-corrected chi connectivity index (χ1v) is 8.28. The van der Waals surface area contributed by atoms with E-state index in [2.05, 4.69) is 32.3 Å². The highest BCUT2D eigenvalue weighted by Gasteiger charge is 2.40. The summed E-state index contributed by atoms with van der Waals surface area (Å²) in [6.45, 7) is 0.820. The molecule has 1 aliphatic rings. The monoisotopic (exact) mass is 393 g/mol. The van der Waals surface area contributed by atoms with Crippen molar-refractivity contribution in [1.29, 1.82) is 5.26 Å². The number of hydrogen-bond acceptors (Lipinski definition) is 4. The van der Waals surface area contributed by atoms with Crippen molar-refractivity contribution in [3.05, 3.63) is 33.8 Å². The number of halogens is 2. The molecular formula is C16H13BrClN3O2. The molecule has 2 heterocycles. The molecule has 2 aromatic rings. The zero-order valence-electron chi connectivity index (χ0n) is 12.1. The molecule has 23 heavy (non-hydrogen) atoms. The number of nitriles is 1. The second-order valence-corrected chi connectivity index (χ2v) is 6.64. The predicted octanol–water partition coefficient (Wildman–Crippen LogP) is 3.91. The minimum Gasteiger partial charge on any atom is -0.381 e. The molecular weight excluding hydrogens is 382 g/mol. The number of rotatable bonds is 2. The first-order valence-electron chi connectivity index (χ1n) is 7.11. The molecule has 1 saturated heterocycles. The lowest BCUT2D eigenvalue weighted by molar-refractivity contribution is -0.126. The van der Waals surface area contributed by atoms with Crippen LogP contribution in [-0.2, 0) is 9.53 Å². The Bertz CT molecular complexity index is 813. The minimum atomic E-state index is -1.06. The second-order valence-electron chi connectivity index (χ2n) is 5.38. The number of hydrogen-bond donors (Lipinski definition) is 1. The number of carbonyl (C=O) groups excluding carboxylic acids is 1. The maximum absolute atomic E-state index is 12.5. The van der Waals surface area contributed by atoms with Crippen LogP contribution in [0, 0.1) is 16.7 Å². The Kier molecular flexibility index (Phi) is 4.53. The summed E-state index contributed by atoms with van der Waals surface area (Å²) in [5.41, 5.74) is -0.395. The molecule has 0 atom stereocenters. The van der Waals surface area contributed by atoms with Gasteiger partial charge in [0.2, 0.25) is 5.91 Å². The average Bonchev–Trinajstić information content (AvgIpc) is 2.59. The van der Waals surface area contributed by atoms with Gasteiger partial charge in [-0.25, -0.2) is 4.98 Å². The standard InChI is InChI=1S/C16H13BrClN3O2/c17-11-2-3-12(18)10-1-4-13(20-14(10)11)21-15(22)16(9-19)5-7-23-8-6-16/h1-4H,5-8H2,(H,20,21,22). The minimum absolute atomic E-state index is 0.340. The number of anilines is 1. The Morgan fingerprint density at radius 2 is 2.09 bits per heavy atom. The van der Waals surface area contributed by atoms with Crippen molar-refractivity contribution in [1.82, 2.24) is 4.98 Å². The van der Waals surface area contributed by atoms with Crippen LogP contribution in [0.15, 0.2) is 28.7 Å². The molecule has 0 saturated carbocycles. The molecule has 1 aliphatic heterocycles. The highest BCUT2D eigenvalue weighted by atomic mass is 79.9. The van der Waals surface area contributed by atoms with Crippen molar-refractivity contribution in [3.63, 3.8) is 0 Å². The van der Waals surface area contributed by atoms with Gasteiger partial charge in [0.15, 0.2) is 0 Å². The number of pyridine rings is 1. The lowest BCUT2D eigenvalue weighted by atomic mass is 9.81. The summed E-state index contributed by atoms with van der Waals surface area (Å²) < 4.78 is 6.03. The van der Waals surface area contributed by atoms with Crippen molar-refractivity contribution >= 4 is 50.2 Å². The molecule has 7 heteroatoms. The lowest BCUT2D eigenvalue weighted by Crippen LogP contribution is -2.40. The molecule has 3 rings (SSSR count). The van der Waals surface area contributed by atoms with Crippen molar-refractivity contribution < 1.29 is 9.53 Å². The van der Waals surface area contributed by atoms with Crippen LogP contribution in [0.25, 0.3) is 10.9 Å². The molecule has 1 N–H and O–H groups in total. The summed E-state index contributed by atoms with van der Waals surface area (Å²) in [6.07, 6.45) is 0.775. The van der Waals surface area contributed by atoms with Gasteiger partial charge in [-0.05, 0) is 53.0 Å². The van der Waals surface area contributed by atoms with Crippen LogP contribution in [0.3, 0.4) is 0 Å². The SMILES string of the molecule is N#CC1(C(=O)Nc2ccc3c(Cl)ccc(Br)c3n2)CCOCC1. The first kappa shape index (κ1) is 16.2. The van der Waals surface area contributed by atoms with E-state index in [9.17, 15) is 10.1 Å². The number of benzene rings is 1. The number of aromatic nitrogens is 1. The summed E-state index contributed by atoms with van der Waals surface area (Å²) in [5.74, 6) is 0.0554. The molecule has 0 radical (unpaired) electrons. The van der Waals surface area contributed by atoms with E-state index in [0.717, 1.165) is 9.86 Å². The van der Waals surface area contributed by atoms with Gasteiger partial charge in [-0.2, -0.15) is 5.26 Å². The van der Waals surface area contributed by atoms with Gasteiger partial charge in [0.25, 0.3) is 0 Å². The number of nitrogens with zero attached hydrogens (tertiary/aromatic N) is 2. The first-order chi connectivity index (χ1) is 11.1. The molecule has 0 aliphatic carbocycles. The summed E-state index contributed by atoms with van der Waals surface area (Å²) in [5, 5.41) is 13.6. The van der Waals surface area contributed by atoms with Gasteiger partial charge in [0.05, 0.1) is 16.6 Å². The van der Waals surface area contributed by atoms with E-state index in [1.54, 1.807) is 24.3 Å². The van der Waals surface area contributed by atoms with Crippen molar-refractivity contribution in [2.75, 3.05) is 18.5 Å². The van der Waals surface area contributed by atoms with E-state index in [1.807, 2.05) is 0 Å². The normalized spacial score (nSPS) is 16.7. The molecule has 1 fully saturated rings. The Balaban J connectivity index is 1.91. The number of carbonyl (C=O) groups is 1. The van der Waals surface area contributed by atoms with Gasteiger partial charge in [-0.1, -0.05) is 11.6 Å². The number of ether oxygens (including phenoxy) is 1. The van der Waals surface area contributed by atoms with Gasteiger partial charge >= 0.3 is 0 Å². The van der Waals surface area contributed by atoms with Crippen molar-refractivity contribution in [2.24, 2.45) is 5.41 Å². The zero-order chi connectivity index (χ0) is 16.4. The van der Waals surface area contributed by atoms with E-state index < -0.39 is 5.41 Å². The predicted molar refractivity (Wildman–Crippen MR) is 91.2 cm³/mol. The molecule has 0 bridgehead atoms. The van der Waals surface area contributed by atoms with Crippen LogP contribution >= 0.6 is 27.5 Å². The van der Waals surface area contributed by atoms with Crippen LogP contribution in [-0.4, -0.2) is 24.1 Å². The van der Waals surface area contributed by atoms with Gasteiger partial charge in [0, 0.05) is 23.1 Å². The van der Waals surface area contributed by atoms with Crippen LogP contribution in [0.5, 0.6) is 0 Å². The molecule has 5 nitrogen and oxygen atoms in total. The Labute approximate surface area is 146 Å². The van der Waals surface area contributed by atoms with Crippen LogP contribution < -0.4 is 5.32 Å². The smallest absolute Gasteiger partial charge is 0.246 e. The lowest BCUT2D eigenvalue weighted by Gasteiger charge is -2.29. The van der Waals surface area contributed by atoms with Crippen molar-refractivity contribution in [2.45, 2.75) is 12.8 Å². The quantitative estimate of drug-likeness (QED) is 0.838. The Morgan fingerprint density at radius 3 is 2.78 bits per heavy atom. The van der Waals surface area contributed by atoms with Crippen LogP contribution in [0.2, 0.25) is 5.02 Å². The topological polar surface area (TPSA) is 75.0 Å². The van der Waals surface area contributed by atoms with E-state index in [-0.39, 0.29) is 5.91 Å². The van der Waals surface area contributed by atoms with Gasteiger partial charge in [-0.3, -0.25) is 4.79 Å². The van der Waals surface area contributed by atoms with E-state index in [1.165, 1.54) is 0 Å². The van der Waals surface area contributed by atoms with Gasteiger partial charge < -0.3 is 10.1 Å². The Hall–Kier alpha value is -1.68. The van der Waals surface area contributed by atoms with E-state index >= 15 is 0 Å². The highest BCUT2D eigenvalue weighted by molar-refractivity contribution is 9.10.